The SMILES string of the molecule is COc1cc(-c2noc([C@H]3CNCCO3)n2)cc(Cl)c1OC.Cl. The first-order valence-corrected chi connectivity index (χ1v) is 7.18. The monoisotopic (exact) mass is 361 g/mol. The number of benzene rings is 1. The summed E-state index contributed by atoms with van der Waals surface area (Å²) in [7, 11) is 3.07. The summed E-state index contributed by atoms with van der Waals surface area (Å²) >= 11 is 6.19. The highest BCUT2D eigenvalue weighted by atomic mass is 35.5. The van der Waals surface area contributed by atoms with Crippen molar-refractivity contribution in [3.05, 3.63) is 23.0 Å². The fourth-order valence-electron chi connectivity index (χ4n) is 2.25. The quantitative estimate of drug-likeness (QED) is 0.895. The van der Waals surface area contributed by atoms with E-state index in [0.29, 0.717) is 47.0 Å². The van der Waals surface area contributed by atoms with Crippen molar-refractivity contribution in [2.75, 3.05) is 33.9 Å². The predicted molar refractivity (Wildman–Crippen MR) is 86.7 cm³/mol. The van der Waals surface area contributed by atoms with Crippen molar-refractivity contribution >= 4 is 24.0 Å². The zero-order valence-corrected chi connectivity index (χ0v) is 14.2. The standard InChI is InChI=1S/C14H16ClN3O4.ClH/c1-19-10-6-8(5-9(15)12(10)20-2)13-17-14(22-18-13)11-7-16-3-4-21-11;/h5-6,11,16H,3-4,7H2,1-2H3;1H/t11-;/m1./s1. The van der Waals surface area contributed by atoms with Gasteiger partial charge in [-0.2, -0.15) is 4.98 Å². The van der Waals surface area contributed by atoms with E-state index in [1.165, 1.54) is 7.11 Å². The van der Waals surface area contributed by atoms with Gasteiger partial charge in [0, 0.05) is 18.7 Å². The lowest BCUT2D eigenvalue weighted by Gasteiger charge is -2.19. The molecule has 23 heavy (non-hydrogen) atoms. The van der Waals surface area contributed by atoms with Crippen LogP contribution in [0.3, 0.4) is 0 Å². The van der Waals surface area contributed by atoms with Gasteiger partial charge in [-0.25, -0.2) is 0 Å². The fraction of sp³-hybridized carbons (Fsp3) is 0.429. The summed E-state index contributed by atoms with van der Waals surface area (Å²) in [6.07, 6.45) is -0.231. The number of hydrogen-bond acceptors (Lipinski definition) is 7. The van der Waals surface area contributed by atoms with Crippen LogP contribution in [0, 0.1) is 0 Å². The van der Waals surface area contributed by atoms with Crippen LogP contribution in [0.25, 0.3) is 11.4 Å². The molecule has 1 atom stereocenters. The first kappa shape index (κ1) is 17.8. The Morgan fingerprint density at radius 3 is 2.78 bits per heavy atom. The second-order valence-corrected chi connectivity index (χ2v) is 5.12. The molecule has 1 aliphatic heterocycles. The minimum absolute atomic E-state index is 0. The molecule has 0 amide bonds. The Morgan fingerprint density at radius 1 is 1.30 bits per heavy atom. The Kier molecular flexibility index (Phi) is 6.06. The van der Waals surface area contributed by atoms with E-state index < -0.39 is 0 Å². The molecular formula is C14H17Cl2N3O4. The van der Waals surface area contributed by atoms with Gasteiger partial charge in [-0.3, -0.25) is 0 Å². The molecule has 1 aliphatic rings. The third-order valence-electron chi connectivity index (χ3n) is 3.34. The first-order chi connectivity index (χ1) is 10.7. The molecule has 0 radical (unpaired) electrons. The second-order valence-electron chi connectivity index (χ2n) is 4.71. The Hall–Kier alpha value is -1.54. The van der Waals surface area contributed by atoms with Crippen LogP contribution in [0.1, 0.15) is 12.0 Å². The minimum atomic E-state index is -0.231. The normalized spacial score (nSPS) is 17.4. The van der Waals surface area contributed by atoms with E-state index in [4.69, 9.17) is 30.3 Å². The number of hydrogen-bond donors (Lipinski definition) is 1. The highest BCUT2D eigenvalue weighted by molar-refractivity contribution is 6.32. The third-order valence-corrected chi connectivity index (χ3v) is 3.62. The van der Waals surface area contributed by atoms with Gasteiger partial charge >= 0.3 is 0 Å². The van der Waals surface area contributed by atoms with Crippen LogP contribution < -0.4 is 14.8 Å². The van der Waals surface area contributed by atoms with Crippen LogP contribution in [0.2, 0.25) is 5.02 Å². The molecule has 0 saturated carbocycles. The van der Waals surface area contributed by atoms with E-state index in [0.717, 1.165) is 6.54 Å². The Bertz CT molecular complexity index is 659. The van der Waals surface area contributed by atoms with Crippen molar-refractivity contribution in [1.82, 2.24) is 15.5 Å². The molecule has 1 saturated heterocycles. The summed E-state index contributed by atoms with van der Waals surface area (Å²) in [6.45, 7) is 2.08. The molecule has 0 spiro atoms. The summed E-state index contributed by atoms with van der Waals surface area (Å²) in [5.74, 6) is 1.84. The van der Waals surface area contributed by atoms with Crippen molar-refractivity contribution in [3.8, 4) is 22.9 Å². The molecule has 9 heteroatoms. The van der Waals surface area contributed by atoms with Crippen LogP contribution in [0.15, 0.2) is 16.7 Å². The number of halogens is 2. The van der Waals surface area contributed by atoms with Gasteiger partial charge in [0.1, 0.15) is 6.10 Å². The van der Waals surface area contributed by atoms with Crippen molar-refractivity contribution in [3.63, 3.8) is 0 Å². The number of rotatable bonds is 4. The number of morpholine rings is 1. The van der Waals surface area contributed by atoms with E-state index in [1.807, 2.05) is 0 Å². The lowest BCUT2D eigenvalue weighted by molar-refractivity contribution is 0.00755. The van der Waals surface area contributed by atoms with Crippen molar-refractivity contribution in [1.29, 1.82) is 0 Å². The van der Waals surface area contributed by atoms with Crippen LogP contribution in [0.4, 0.5) is 0 Å². The molecule has 7 nitrogen and oxygen atoms in total. The van der Waals surface area contributed by atoms with E-state index in [9.17, 15) is 0 Å². The number of nitrogens with one attached hydrogen (secondary N) is 1. The van der Waals surface area contributed by atoms with E-state index in [-0.39, 0.29) is 18.5 Å². The van der Waals surface area contributed by atoms with Crippen LogP contribution in [0.5, 0.6) is 11.5 Å². The summed E-state index contributed by atoms with van der Waals surface area (Å²) < 4.78 is 21.4. The van der Waals surface area contributed by atoms with Crippen molar-refractivity contribution < 1.29 is 18.7 Å². The van der Waals surface area contributed by atoms with Gasteiger partial charge < -0.3 is 24.1 Å². The topological polar surface area (TPSA) is 78.6 Å². The molecule has 1 fully saturated rings. The Labute approximate surface area is 144 Å². The maximum atomic E-state index is 6.19. The lowest BCUT2D eigenvalue weighted by atomic mass is 10.2. The van der Waals surface area contributed by atoms with Gasteiger partial charge in [-0.05, 0) is 12.1 Å². The largest absolute Gasteiger partial charge is 0.493 e. The number of ether oxygens (including phenoxy) is 3. The van der Waals surface area contributed by atoms with Crippen LogP contribution in [-0.4, -0.2) is 44.1 Å². The molecule has 0 unspecified atom stereocenters. The molecule has 0 aliphatic carbocycles. The molecule has 1 aromatic heterocycles. The first-order valence-electron chi connectivity index (χ1n) is 6.80. The predicted octanol–water partition coefficient (Wildman–Crippen LogP) is 2.49. The summed E-state index contributed by atoms with van der Waals surface area (Å²) in [4.78, 5) is 4.38. The van der Waals surface area contributed by atoms with E-state index >= 15 is 0 Å². The second kappa shape index (κ2) is 7.83. The molecule has 2 heterocycles. The average Bonchev–Trinajstić information content (AvgIpc) is 3.05. The molecular weight excluding hydrogens is 345 g/mol. The van der Waals surface area contributed by atoms with Crippen LogP contribution >= 0.6 is 24.0 Å². The maximum absolute atomic E-state index is 6.19. The molecule has 1 N–H and O–H groups in total. The zero-order chi connectivity index (χ0) is 15.5. The lowest BCUT2D eigenvalue weighted by Crippen LogP contribution is -2.33. The van der Waals surface area contributed by atoms with Gasteiger partial charge in [0.2, 0.25) is 5.82 Å². The minimum Gasteiger partial charge on any atom is -0.493 e. The highest BCUT2D eigenvalue weighted by Gasteiger charge is 2.23. The number of aromatic nitrogens is 2. The third kappa shape index (κ3) is 3.69. The summed E-state index contributed by atoms with van der Waals surface area (Å²) in [6, 6.07) is 3.46. The van der Waals surface area contributed by atoms with E-state index in [2.05, 4.69) is 15.5 Å². The summed E-state index contributed by atoms with van der Waals surface area (Å²) in [5.41, 5.74) is 0.682. The van der Waals surface area contributed by atoms with Crippen molar-refractivity contribution in [2.24, 2.45) is 0 Å². The van der Waals surface area contributed by atoms with Gasteiger partial charge in [0.25, 0.3) is 5.89 Å². The fourth-order valence-corrected chi connectivity index (χ4v) is 2.54. The molecule has 3 rings (SSSR count). The van der Waals surface area contributed by atoms with Gasteiger partial charge in [0.15, 0.2) is 11.5 Å². The Balaban J connectivity index is 0.00000192. The smallest absolute Gasteiger partial charge is 0.257 e. The Morgan fingerprint density at radius 2 is 2.13 bits per heavy atom. The molecule has 2 aromatic rings. The van der Waals surface area contributed by atoms with Gasteiger partial charge in [-0.15, -0.1) is 12.4 Å². The van der Waals surface area contributed by atoms with Gasteiger partial charge in [-0.1, -0.05) is 16.8 Å². The van der Waals surface area contributed by atoms with E-state index in [1.54, 1.807) is 19.2 Å². The number of nitrogens with zero attached hydrogens (tertiary/aromatic N) is 2. The molecule has 0 bridgehead atoms. The summed E-state index contributed by atoms with van der Waals surface area (Å²) in [5, 5.41) is 7.61. The highest BCUT2D eigenvalue weighted by Crippen LogP contribution is 2.38. The van der Waals surface area contributed by atoms with Gasteiger partial charge in [0.05, 0.1) is 25.8 Å². The van der Waals surface area contributed by atoms with Crippen LogP contribution in [-0.2, 0) is 4.74 Å². The average molecular weight is 362 g/mol. The molecule has 1 aromatic carbocycles. The maximum Gasteiger partial charge on any atom is 0.257 e. The number of methoxy groups -OCH3 is 2. The van der Waals surface area contributed by atoms with Crippen molar-refractivity contribution in [2.45, 2.75) is 6.10 Å². The zero-order valence-electron chi connectivity index (χ0n) is 12.7. The molecule has 126 valence electrons.